The van der Waals surface area contributed by atoms with Gasteiger partial charge >= 0.3 is 0 Å². The molecule has 0 unspecified atom stereocenters. The lowest BCUT2D eigenvalue weighted by atomic mass is 9.84. The lowest BCUT2D eigenvalue weighted by Crippen LogP contribution is -2.58. The fraction of sp³-hybridized carbons (Fsp3) is 0.577. The van der Waals surface area contributed by atoms with Crippen LogP contribution in [0.4, 0.5) is 0 Å². The number of aliphatic hydroxyl groups is 4. The summed E-state index contributed by atoms with van der Waals surface area (Å²) in [5.74, 6) is 0.681. The summed E-state index contributed by atoms with van der Waals surface area (Å²) in [4.78, 5) is 0. The van der Waals surface area contributed by atoms with Gasteiger partial charge < -0.3 is 25.2 Å². The Bertz CT molecular complexity index is 805. The van der Waals surface area contributed by atoms with Gasteiger partial charge in [0.15, 0.2) is 0 Å². The molecule has 0 radical (unpaired) electrons. The summed E-state index contributed by atoms with van der Waals surface area (Å²) in [6.45, 7) is -0.468. The van der Waals surface area contributed by atoms with E-state index in [1.807, 2.05) is 12.1 Å². The summed E-state index contributed by atoms with van der Waals surface area (Å²) in [6.07, 6.45) is 7.54. The van der Waals surface area contributed by atoms with Crippen molar-refractivity contribution in [1.29, 1.82) is 5.26 Å². The highest BCUT2D eigenvalue weighted by molar-refractivity contribution is 5.29. The number of ether oxygens (including phenoxy) is 1. The monoisotopic (exact) mass is 441 g/mol. The van der Waals surface area contributed by atoms with Gasteiger partial charge in [-0.3, -0.25) is 0 Å². The average molecular weight is 442 g/mol. The fourth-order valence-electron chi connectivity index (χ4n) is 4.70. The number of hydrogen-bond donors (Lipinski definition) is 4. The molecule has 1 aliphatic carbocycles. The third-order valence-corrected chi connectivity index (χ3v) is 6.61. The van der Waals surface area contributed by atoms with Gasteiger partial charge in [-0.2, -0.15) is 5.26 Å². The van der Waals surface area contributed by atoms with Crippen molar-refractivity contribution in [2.24, 2.45) is 0 Å². The highest BCUT2D eigenvalue weighted by Gasteiger charge is 2.44. The first-order valence-electron chi connectivity index (χ1n) is 11.7. The van der Waals surface area contributed by atoms with Crippen molar-refractivity contribution >= 4 is 0 Å². The van der Waals surface area contributed by atoms with Crippen molar-refractivity contribution in [1.82, 2.24) is 0 Å². The van der Waals surface area contributed by atoms with Crippen molar-refractivity contribution < 1.29 is 25.2 Å². The van der Waals surface area contributed by atoms with E-state index in [9.17, 15) is 20.4 Å². The number of aryl methyl sites for hydroxylation is 1. The van der Waals surface area contributed by atoms with Crippen LogP contribution in [0.3, 0.4) is 0 Å². The van der Waals surface area contributed by atoms with Crippen LogP contribution in [0.5, 0.6) is 0 Å². The quantitative estimate of drug-likeness (QED) is 0.461. The summed E-state index contributed by atoms with van der Waals surface area (Å²) in [5.41, 5.74) is 3.26. The van der Waals surface area contributed by atoms with Gasteiger partial charge in [0.1, 0.15) is 30.5 Å². The number of hydrogen-bond acceptors (Lipinski definition) is 6. The van der Waals surface area contributed by atoms with Gasteiger partial charge in [-0.05, 0) is 48.3 Å². The Kier molecular flexibility index (Phi) is 9.46. The third-order valence-electron chi connectivity index (χ3n) is 6.61. The topological polar surface area (TPSA) is 114 Å². The molecule has 1 aromatic rings. The van der Waals surface area contributed by atoms with Gasteiger partial charge in [0.2, 0.25) is 0 Å². The number of nitriles is 1. The molecule has 6 heteroatoms. The molecular weight excluding hydrogens is 406 g/mol. The molecule has 6 nitrogen and oxygen atoms in total. The minimum Gasteiger partial charge on any atom is -0.394 e. The molecule has 2 aliphatic rings. The largest absolute Gasteiger partial charge is 0.394 e. The van der Waals surface area contributed by atoms with Crippen molar-refractivity contribution in [3.8, 4) is 6.07 Å². The molecule has 3 rings (SSSR count). The Balaban J connectivity index is 1.67. The Morgan fingerprint density at radius 1 is 1.03 bits per heavy atom. The van der Waals surface area contributed by atoms with E-state index in [-0.39, 0.29) is 6.42 Å². The average Bonchev–Trinajstić information content (AvgIpc) is 2.83. The van der Waals surface area contributed by atoms with Crippen molar-refractivity contribution in [2.75, 3.05) is 6.61 Å². The van der Waals surface area contributed by atoms with E-state index < -0.39 is 37.1 Å². The predicted molar refractivity (Wildman–Crippen MR) is 122 cm³/mol. The van der Waals surface area contributed by atoms with E-state index in [0.29, 0.717) is 17.9 Å². The zero-order chi connectivity index (χ0) is 22.9. The van der Waals surface area contributed by atoms with E-state index in [1.54, 1.807) is 12.2 Å². The lowest BCUT2D eigenvalue weighted by molar-refractivity contribution is -0.218. The van der Waals surface area contributed by atoms with E-state index in [4.69, 9.17) is 10.00 Å². The summed E-state index contributed by atoms with van der Waals surface area (Å²) < 4.78 is 5.70. The molecule has 0 spiro atoms. The highest BCUT2D eigenvalue weighted by atomic mass is 16.5. The smallest absolute Gasteiger partial charge is 0.113 e. The first kappa shape index (κ1) is 24.6. The number of aliphatic hydroxyl groups excluding tert-OH is 4. The molecular formula is C26H35NO5. The van der Waals surface area contributed by atoms with E-state index in [1.165, 1.54) is 43.2 Å². The molecule has 174 valence electrons. The van der Waals surface area contributed by atoms with Crippen LogP contribution in [0.25, 0.3) is 0 Å². The van der Waals surface area contributed by atoms with Crippen LogP contribution in [-0.4, -0.2) is 57.6 Å². The van der Waals surface area contributed by atoms with E-state index >= 15 is 0 Å². The van der Waals surface area contributed by atoms with Gasteiger partial charge in [0.05, 0.1) is 19.1 Å². The van der Waals surface area contributed by atoms with Crippen LogP contribution in [0.1, 0.15) is 62.0 Å². The molecule has 0 amide bonds. The van der Waals surface area contributed by atoms with Gasteiger partial charge in [-0.15, -0.1) is 0 Å². The summed E-state index contributed by atoms with van der Waals surface area (Å²) >= 11 is 0. The van der Waals surface area contributed by atoms with Crippen LogP contribution >= 0.6 is 0 Å². The maximum Gasteiger partial charge on any atom is 0.113 e. The summed E-state index contributed by atoms with van der Waals surface area (Å²) in [6, 6.07) is 10.9. The molecule has 5 atom stereocenters. The molecule has 0 aromatic heterocycles. The Labute approximate surface area is 190 Å². The highest BCUT2D eigenvalue weighted by Crippen LogP contribution is 2.33. The lowest BCUT2D eigenvalue weighted by Gasteiger charge is -2.40. The first-order chi connectivity index (χ1) is 15.5. The molecule has 32 heavy (non-hydrogen) atoms. The SMILES string of the molecule is N#CC/C=C\C(=C/CCc1ccc(C2CCCCC2)cc1)[C@@H]1O[C@H](CO)[C@@H](O)[C@H](O)[C@H]1O. The maximum absolute atomic E-state index is 10.5. The molecule has 1 aromatic carbocycles. The van der Waals surface area contributed by atoms with Gasteiger partial charge in [0.25, 0.3) is 0 Å². The van der Waals surface area contributed by atoms with Crippen LogP contribution in [-0.2, 0) is 11.2 Å². The number of benzene rings is 1. The molecule has 4 N–H and O–H groups in total. The zero-order valence-electron chi connectivity index (χ0n) is 18.5. The summed E-state index contributed by atoms with van der Waals surface area (Å²) in [5, 5.41) is 48.9. The van der Waals surface area contributed by atoms with Crippen molar-refractivity contribution in [2.45, 2.75) is 87.8 Å². The second-order valence-electron chi connectivity index (χ2n) is 8.83. The molecule has 1 aliphatic heterocycles. The predicted octanol–water partition coefficient (Wildman–Crippen LogP) is 2.91. The second-order valence-corrected chi connectivity index (χ2v) is 8.83. The molecule has 2 fully saturated rings. The van der Waals surface area contributed by atoms with Gasteiger partial charge in [-0.1, -0.05) is 61.8 Å². The number of nitrogens with zero attached hydrogens (tertiary/aromatic N) is 1. The second kappa shape index (κ2) is 12.3. The van der Waals surface area contributed by atoms with Crippen molar-refractivity contribution in [3.05, 3.63) is 59.2 Å². The maximum atomic E-state index is 10.5. The fourth-order valence-corrected chi connectivity index (χ4v) is 4.70. The third kappa shape index (κ3) is 6.28. The van der Waals surface area contributed by atoms with Crippen LogP contribution < -0.4 is 0 Å². The zero-order valence-corrected chi connectivity index (χ0v) is 18.5. The Morgan fingerprint density at radius 3 is 2.41 bits per heavy atom. The van der Waals surface area contributed by atoms with Gasteiger partial charge in [0, 0.05) is 0 Å². The number of rotatable bonds is 8. The first-order valence-corrected chi connectivity index (χ1v) is 11.7. The summed E-state index contributed by atoms with van der Waals surface area (Å²) in [7, 11) is 0. The van der Waals surface area contributed by atoms with Crippen LogP contribution in [0.15, 0.2) is 48.1 Å². The molecule has 1 saturated heterocycles. The van der Waals surface area contributed by atoms with E-state index in [0.717, 1.165) is 6.42 Å². The van der Waals surface area contributed by atoms with Gasteiger partial charge in [-0.25, -0.2) is 0 Å². The normalized spacial score (nSPS) is 29.8. The van der Waals surface area contributed by atoms with E-state index in [2.05, 4.69) is 24.3 Å². The van der Waals surface area contributed by atoms with Crippen molar-refractivity contribution in [3.63, 3.8) is 0 Å². The molecule has 0 bridgehead atoms. The standard InChI is InChI=1S/C26H35NO5/c27-16-5-4-10-21(26-25(31)24(30)23(29)22(17-28)32-26)11-6-7-18-12-14-20(15-13-18)19-8-2-1-3-9-19/h4,10-15,19,22-26,28-31H,1-3,5-9,17H2/b10-4-,21-11+/t22-,23-,24+,25-,26+/m1/s1. The Hall–Kier alpha value is -2.01. The minimum atomic E-state index is -1.43. The molecule has 1 heterocycles. The molecule has 1 saturated carbocycles. The van der Waals surface area contributed by atoms with Crippen LogP contribution in [0.2, 0.25) is 0 Å². The minimum absolute atomic E-state index is 0.206. The number of allylic oxidation sites excluding steroid dienone is 2. The van der Waals surface area contributed by atoms with Crippen LogP contribution in [0, 0.1) is 11.3 Å². The Morgan fingerprint density at radius 2 is 1.75 bits per heavy atom.